The van der Waals surface area contributed by atoms with Crippen LogP contribution in [-0.4, -0.2) is 10.8 Å². The number of hydrogen-bond donors (Lipinski definition) is 0. The third kappa shape index (κ3) is 1.85. The first kappa shape index (κ1) is 7.82. The van der Waals surface area contributed by atoms with E-state index in [0.717, 1.165) is 10.5 Å². The minimum absolute atomic E-state index is 0.900. The van der Waals surface area contributed by atoms with Gasteiger partial charge in [-0.1, -0.05) is 18.3 Å². The van der Waals surface area contributed by atoms with Crippen LogP contribution in [0.4, 0.5) is 0 Å². The number of pyridine rings is 1. The molecule has 1 aromatic heterocycles. The lowest BCUT2D eigenvalue weighted by Crippen LogP contribution is -1.94. The summed E-state index contributed by atoms with van der Waals surface area (Å²) in [6.07, 6.45) is 4.06. The molecule has 0 aliphatic heterocycles. The molecule has 54 valence electrons. The van der Waals surface area contributed by atoms with Gasteiger partial charge in [-0.25, -0.2) is 0 Å². The van der Waals surface area contributed by atoms with E-state index in [9.17, 15) is 0 Å². The van der Waals surface area contributed by atoms with Crippen LogP contribution in [0.25, 0.3) is 0 Å². The van der Waals surface area contributed by atoms with Crippen molar-refractivity contribution < 1.29 is 0 Å². The van der Waals surface area contributed by atoms with Gasteiger partial charge in [0.15, 0.2) is 0 Å². The monoisotopic (exact) mass is 171 g/mol. The molecule has 0 atom stereocenters. The van der Waals surface area contributed by atoms with E-state index < -0.39 is 0 Å². The maximum atomic E-state index is 5.07. The summed E-state index contributed by atoms with van der Waals surface area (Å²) in [6, 6.07) is 5.89. The number of hydrogen-bond acceptors (Lipinski definition) is 2. The normalized spacial score (nSPS) is 9.70. The zero-order valence-electron chi connectivity index (χ0n) is 5.78. The van der Waals surface area contributed by atoms with Crippen molar-refractivity contribution in [2.45, 2.75) is 5.88 Å². The van der Waals surface area contributed by atoms with Gasteiger partial charge in [0.05, 0.1) is 5.88 Å². The van der Waals surface area contributed by atoms with Crippen molar-refractivity contribution in [1.29, 1.82) is 0 Å². The maximum absolute atomic E-state index is 5.07. The molecule has 0 radical (unpaired) electrons. The summed E-state index contributed by atoms with van der Waals surface area (Å²) in [7, 11) is 0. The molecule has 10 heavy (non-hydrogen) atoms. The Morgan fingerprint density at radius 2 is 2.40 bits per heavy atom. The molecule has 0 aromatic carbocycles. The molecule has 3 heteroatoms. The van der Waals surface area contributed by atoms with Crippen LogP contribution in [0.1, 0.15) is 0 Å². The molecule has 1 heterocycles. The van der Waals surface area contributed by atoms with Crippen molar-refractivity contribution in [2.75, 3.05) is 6.26 Å². The molecule has 1 nitrogen and oxygen atoms in total. The van der Waals surface area contributed by atoms with Crippen LogP contribution in [0.5, 0.6) is 0 Å². The highest BCUT2D eigenvalue weighted by Crippen LogP contribution is 2.00. The minimum Gasteiger partial charge on any atom is -0.330 e. The molecule has 0 bridgehead atoms. The van der Waals surface area contributed by atoms with E-state index in [-0.39, 0.29) is 0 Å². The minimum atomic E-state index is 0.900. The first-order valence-corrected chi connectivity index (χ1v) is 4.79. The number of rotatable bonds is 2. The molecule has 0 spiro atoms. The average Bonchev–Trinajstić information content (AvgIpc) is 1.94. The second-order valence-corrected chi connectivity index (χ2v) is 3.18. The summed E-state index contributed by atoms with van der Waals surface area (Å²) in [4.78, 5) is 0. The summed E-state index contributed by atoms with van der Waals surface area (Å²) >= 11 is 6.83. The Morgan fingerprint density at radius 1 is 1.60 bits per heavy atom. The van der Waals surface area contributed by atoms with Gasteiger partial charge >= 0.3 is 0 Å². The fourth-order valence-corrected chi connectivity index (χ4v) is 1.50. The van der Waals surface area contributed by atoms with Gasteiger partial charge in [-0.3, -0.25) is 0 Å². The van der Waals surface area contributed by atoms with E-state index in [1.165, 1.54) is 0 Å². The molecule has 0 N–H and O–H groups in total. The van der Waals surface area contributed by atoms with Gasteiger partial charge < -0.3 is 4.57 Å². The highest BCUT2D eigenvalue weighted by Gasteiger charge is 1.85. The summed E-state index contributed by atoms with van der Waals surface area (Å²) < 4.78 is 2.94. The fourth-order valence-electron chi connectivity index (χ4n) is 0.706. The van der Waals surface area contributed by atoms with Crippen molar-refractivity contribution in [3.05, 3.63) is 29.0 Å². The smallest absolute Gasteiger partial charge is 0.106 e. The molecule has 0 amide bonds. The van der Waals surface area contributed by atoms with E-state index in [4.69, 9.17) is 12.2 Å². The topological polar surface area (TPSA) is 4.93 Å². The van der Waals surface area contributed by atoms with Crippen LogP contribution in [-0.2, 0) is 5.88 Å². The highest BCUT2D eigenvalue weighted by atomic mass is 32.2. The van der Waals surface area contributed by atoms with Gasteiger partial charge in [0, 0.05) is 6.20 Å². The zero-order valence-corrected chi connectivity index (χ0v) is 7.41. The lowest BCUT2D eigenvalue weighted by molar-refractivity contribution is 0.867. The van der Waals surface area contributed by atoms with Crippen molar-refractivity contribution in [3.8, 4) is 0 Å². The van der Waals surface area contributed by atoms with E-state index >= 15 is 0 Å². The van der Waals surface area contributed by atoms with E-state index in [2.05, 4.69) is 6.26 Å². The van der Waals surface area contributed by atoms with Gasteiger partial charge in [-0.05, 0) is 18.4 Å². The molecule has 0 aliphatic carbocycles. The largest absolute Gasteiger partial charge is 0.330 e. The third-order valence-electron chi connectivity index (χ3n) is 1.17. The Bertz CT molecular complexity index is 254. The number of aromatic nitrogens is 1. The zero-order chi connectivity index (χ0) is 7.40. The van der Waals surface area contributed by atoms with E-state index in [1.54, 1.807) is 11.8 Å². The molecule has 0 unspecified atom stereocenters. The Labute approximate surface area is 70.1 Å². The van der Waals surface area contributed by atoms with Crippen LogP contribution in [0, 0.1) is 4.64 Å². The quantitative estimate of drug-likeness (QED) is 0.630. The Hall–Kier alpha value is -0.280. The molecule has 1 aromatic rings. The van der Waals surface area contributed by atoms with Gasteiger partial charge in [0.1, 0.15) is 4.64 Å². The SMILES string of the molecule is CSCn1ccccc1=S. The van der Waals surface area contributed by atoms with Gasteiger partial charge in [-0.15, -0.1) is 11.8 Å². The van der Waals surface area contributed by atoms with Gasteiger partial charge in [0.25, 0.3) is 0 Å². The number of thioether (sulfide) groups is 1. The van der Waals surface area contributed by atoms with Crippen LogP contribution in [0.15, 0.2) is 24.4 Å². The second-order valence-electron chi connectivity index (χ2n) is 1.93. The van der Waals surface area contributed by atoms with Gasteiger partial charge in [0.2, 0.25) is 0 Å². The Kier molecular flexibility index (Phi) is 2.96. The summed E-state index contributed by atoms with van der Waals surface area (Å²) in [5, 5.41) is 0. The summed E-state index contributed by atoms with van der Waals surface area (Å²) in [6.45, 7) is 0. The maximum Gasteiger partial charge on any atom is 0.106 e. The third-order valence-corrected chi connectivity index (χ3v) is 2.07. The van der Waals surface area contributed by atoms with Crippen LogP contribution >= 0.6 is 24.0 Å². The van der Waals surface area contributed by atoms with Crippen LogP contribution < -0.4 is 0 Å². The highest BCUT2D eigenvalue weighted by molar-refractivity contribution is 7.97. The molecule has 0 saturated heterocycles. The van der Waals surface area contributed by atoms with Crippen LogP contribution in [0.2, 0.25) is 0 Å². The van der Waals surface area contributed by atoms with Gasteiger partial charge in [-0.2, -0.15) is 0 Å². The second kappa shape index (κ2) is 3.78. The molecular formula is C7H9NS2. The molecule has 1 rings (SSSR count). The molecular weight excluding hydrogens is 162 g/mol. The summed E-state index contributed by atoms with van der Waals surface area (Å²) in [5.74, 6) is 0.944. The van der Waals surface area contributed by atoms with Crippen molar-refractivity contribution >= 4 is 24.0 Å². The standard InChI is InChI=1S/C7H9NS2/c1-10-6-8-5-3-2-4-7(8)9/h2-5H,6H2,1H3. The molecule has 0 aliphatic rings. The van der Waals surface area contributed by atoms with Crippen molar-refractivity contribution in [1.82, 2.24) is 4.57 Å². The van der Waals surface area contributed by atoms with Crippen LogP contribution in [0.3, 0.4) is 0 Å². The first-order chi connectivity index (χ1) is 4.84. The Balaban J connectivity index is 2.92. The fraction of sp³-hybridized carbons (Fsp3) is 0.286. The Morgan fingerprint density at radius 3 is 3.00 bits per heavy atom. The predicted octanol–water partition coefficient (Wildman–Crippen LogP) is 2.54. The predicted molar refractivity (Wildman–Crippen MR) is 48.8 cm³/mol. The molecule has 0 fully saturated rings. The van der Waals surface area contributed by atoms with E-state index in [0.29, 0.717) is 0 Å². The first-order valence-electron chi connectivity index (χ1n) is 2.99. The van der Waals surface area contributed by atoms with Crippen molar-refractivity contribution in [3.63, 3.8) is 0 Å². The summed E-state index contributed by atoms with van der Waals surface area (Å²) in [5.41, 5.74) is 0. The lowest BCUT2D eigenvalue weighted by Gasteiger charge is -2.01. The van der Waals surface area contributed by atoms with Crippen molar-refractivity contribution in [2.24, 2.45) is 0 Å². The average molecular weight is 171 g/mol. The van der Waals surface area contributed by atoms with E-state index in [1.807, 2.05) is 29.0 Å². The molecule has 0 saturated carbocycles. The number of nitrogens with zero attached hydrogens (tertiary/aromatic N) is 1. The lowest BCUT2D eigenvalue weighted by atomic mass is 10.5.